The number of ether oxygens (including phenoxy) is 1. The number of hydrogen-bond acceptors (Lipinski definition) is 3. The van der Waals surface area contributed by atoms with Crippen molar-refractivity contribution in [3.63, 3.8) is 0 Å². The molecule has 124 valence electrons. The molecule has 0 bridgehead atoms. The Kier molecular flexibility index (Phi) is 7.02. The van der Waals surface area contributed by atoms with Gasteiger partial charge in [-0.1, -0.05) is 41.1 Å². The molecule has 2 aromatic rings. The fourth-order valence-electron chi connectivity index (χ4n) is 2.19. The lowest BCUT2D eigenvalue weighted by atomic mass is 10.1. The molecule has 23 heavy (non-hydrogen) atoms. The van der Waals surface area contributed by atoms with Crippen molar-refractivity contribution in [3.05, 3.63) is 63.9 Å². The van der Waals surface area contributed by atoms with Crippen LogP contribution < -0.4 is 10.1 Å². The molecule has 0 aliphatic carbocycles. The van der Waals surface area contributed by atoms with Gasteiger partial charge in [0, 0.05) is 28.2 Å². The largest absolute Gasteiger partial charge is 0.488 e. The van der Waals surface area contributed by atoms with Crippen LogP contribution in [0.15, 0.2) is 46.9 Å². The van der Waals surface area contributed by atoms with Crippen molar-refractivity contribution in [1.82, 2.24) is 5.32 Å². The zero-order valence-corrected chi connectivity index (χ0v) is 14.6. The number of hydrogen-bond donors (Lipinski definition) is 2. The Morgan fingerprint density at radius 3 is 2.70 bits per heavy atom. The van der Waals surface area contributed by atoms with Gasteiger partial charge in [0.15, 0.2) is 0 Å². The van der Waals surface area contributed by atoms with Gasteiger partial charge in [-0.2, -0.15) is 0 Å². The van der Waals surface area contributed by atoms with Crippen LogP contribution in [0.5, 0.6) is 5.75 Å². The summed E-state index contributed by atoms with van der Waals surface area (Å²) in [4.78, 5) is 0. The Balaban J connectivity index is 2.07. The van der Waals surface area contributed by atoms with Gasteiger partial charge >= 0.3 is 0 Å². The topological polar surface area (TPSA) is 41.5 Å². The van der Waals surface area contributed by atoms with Gasteiger partial charge in [0.05, 0.1) is 6.61 Å². The lowest BCUT2D eigenvalue weighted by Crippen LogP contribution is -2.31. The summed E-state index contributed by atoms with van der Waals surface area (Å²) in [5.41, 5.74) is 1.48. The Hall–Kier alpha value is -1.43. The zero-order valence-electron chi connectivity index (χ0n) is 13.1. The summed E-state index contributed by atoms with van der Waals surface area (Å²) in [6, 6.07) is 12.4. The summed E-state index contributed by atoms with van der Waals surface area (Å²) in [6.07, 6.45) is 0.843. The van der Waals surface area contributed by atoms with E-state index in [1.54, 1.807) is 18.2 Å². The standard InChI is InChI=1S/C18H21BrFNO2/c1-2-16(11-22)21-10-14-9-15(19)7-8-18(14)23-12-13-5-3-4-6-17(13)20/h3-9,16,21-22H,2,10-12H2,1H3/t16-/m0/s1. The molecule has 0 aliphatic heterocycles. The summed E-state index contributed by atoms with van der Waals surface area (Å²) in [7, 11) is 0. The van der Waals surface area contributed by atoms with Crippen molar-refractivity contribution in [2.45, 2.75) is 32.5 Å². The smallest absolute Gasteiger partial charge is 0.129 e. The zero-order chi connectivity index (χ0) is 16.7. The van der Waals surface area contributed by atoms with Crippen molar-refractivity contribution in [2.75, 3.05) is 6.61 Å². The van der Waals surface area contributed by atoms with Crippen LogP contribution in [-0.4, -0.2) is 17.8 Å². The van der Waals surface area contributed by atoms with E-state index in [-0.39, 0.29) is 25.1 Å². The molecule has 0 saturated carbocycles. The number of benzene rings is 2. The van der Waals surface area contributed by atoms with Crippen LogP contribution in [0.25, 0.3) is 0 Å². The van der Waals surface area contributed by atoms with Crippen LogP contribution in [0.4, 0.5) is 4.39 Å². The fourth-order valence-corrected chi connectivity index (χ4v) is 2.60. The maximum Gasteiger partial charge on any atom is 0.129 e. The minimum atomic E-state index is -0.268. The molecule has 0 radical (unpaired) electrons. The molecule has 0 aliphatic rings. The monoisotopic (exact) mass is 381 g/mol. The van der Waals surface area contributed by atoms with Crippen LogP contribution in [-0.2, 0) is 13.2 Å². The molecule has 2 N–H and O–H groups in total. The minimum Gasteiger partial charge on any atom is -0.488 e. The molecule has 0 amide bonds. The van der Waals surface area contributed by atoms with Crippen LogP contribution >= 0.6 is 15.9 Å². The molecular weight excluding hydrogens is 361 g/mol. The Bertz CT molecular complexity index is 632. The van der Waals surface area contributed by atoms with E-state index in [9.17, 15) is 9.50 Å². The first kappa shape index (κ1) is 17.9. The molecular formula is C18H21BrFNO2. The highest BCUT2D eigenvalue weighted by Gasteiger charge is 2.09. The average Bonchev–Trinajstić information content (AvgIpc) is 2.56. The number of aliphatic hydroxyl groups is 1. The first-order valence-corrected chi connectivity index (χ1v) is 8.42. The molecule has 0 aromatic heterocycles. The van der Waals surface area contributed by atoms with Crippen molar-refractivity contribution in [3.8, 4) is 5.75 Å². The lowest BCUT2D eigenvalue weighted by Gasteiger charge is -2.17. The second kappa shape index (κ2) is 9.01. The second-order valence-corrected chi connectivity index (χ2v) is 6.22. The summed E-state index contributed by atoms with van der Waals surface area (Å²) < 4.78 is 20.4. The Labute approximate surface area is 144 Å². The van der Waals surface area contributed by atoms with Gasteiger partial charge in [-0.05, 0) is 30.7 Å². The van der Waals surface area contributed by atoms with Crippen molar-refractivity contribution in [1.29, 1.82) is 0 Å². The number of halogens is 2. The molecule has 1 atom stereocenters. The maximum absolute atomic E-state index is 13.7. The first-order valence-electron chi connectivity index (χ1n) is 7.63. The van der Waals surface area contributed by atoms with E-state index in [2.05, 4.69) is 21.2 Å². The molecule has 0 saturated heterocycles. The van der Waals surface area contributed by atoms with E-state index in [1.165, 1.54) is 6.07 Å². The molecule has 5 heteroatoms. The predicted molar refractivity (Wildman–Crippen MR) is 92.9 cm³/mol. The summed E-state index contributed by atoms with van der Waals surface area (Å²) in [5, 5.41) is 12.6. The summed E-state index contributed by atoms with van der Waals surface area (Å²) >= 11 is 3.45. The molecule has 2 aromatic carbocycles. The number of aliphatic hydroxyl groups excluding tert-OH is 1. The van der Waals surface area contributed by atoms with Crippen LogP contribution in [0, 0.1) is 5.82 Å². The molecule has 0 spiro atoms. The van der Waals surface area contributed by atoms with Crippen molar-refractivity contribution in [2.24, 2.45) is 0 Å². The molecule has 0 unspecified atom stereocenters. The number of nitrogens with one attached hydrogen (secondary N) is 1. The van der Waals surface area contributed by atoms with E-state index in [0.717, 1.165) is 16.5 Å². The van der Waals surface area contributed by atoms with Gasteiger partial charge in [-0.15, -0.1) is 0 Å². The number of rotatable bonds is 8. The molecule has 3 nitrogen and oxygen atoms in total. The van der Waals surface area contributed by atoms with Gasteiger partial charge < -0.3 is 15.2 Å². The minimum absolute atomic E-state index is 0.0494. The van der Waals surface area contributed by atoms with Crippen LogP contribution in [0.2, 0.25) is 0 Å². The third kappa shape index (κ3) is 5.30. The average molecular weight is 382 g/mol. The first-order chi connectivity index (χ1) is 11.1. The lowest BCUT2D eigenvalue weighted by molar-refractivity contribution is 0.237. The van der Waals surface area contributed by atoms with E-state index in [1.807, 2.05) is 25.1 Å². The van der Waals surface area contributed by atoms with Crippen molar-refractivity contribution < 1.29 is 14.2 Å². The van der Waals surface area contributed by atoms with Crippen molar-refractivity contribution >= 4 is 15.9 Å². The van der Waals surface area contributed by atoms with Crippen LogP contribution in [0.3, 0.4) is 0 Å². The Morgan fingerprint density at radius 2 is 2.00 bits per heavy atom. The SMILES string of the molecule is CC[C@@H](CO)NCc1cc(Br)ccc1OCc1ccccc1F. The van der Waals surface area contributed by atoms with E-state index in [0.29, 0.717) is 17.9 Å². The fraction of sp³-hybridized carbons (Fsp3) is 0.333. The third-order valence-corrected chi connectivity index (χ3v) is 4.15. The highest BCUT2D eigenvalue weighted by Crippen LogP contribution is 2.24. The van der Waals surface area contributed by atoms with Gasteiger partial charge in [-0.3, -0.25) is 0 Å². The third-order valence-electron chi connectivity index (χ3n) is 3.66. The Morgan fingerprint density at radius 1 is 1.22 bits per heavy atom. The van der Waals surface area contributed by atoms with E-state index < -0.39 is 0 Å². The van der Waals surface area contributed by atoms with E-state index in [4.69, 9.17) is 4.74 Å². The normalized spacial score (nSPS) is 12.2. The highest BCUT2D eigenvalue weighted by atomic mass is 79.9. The van der Waals surface area contributed by atoms with Crippen LogP contribution in [0.1, 0.15) is 24.5 Å². The van der Waals surface area contributed by atoms with Gasteiger partial charge in [0.2, 0.25) is 0 Å². The molecule has 0 fully saturated rings. The summed E-state index contributed by atoms with van der Waals surface area (Å²) in [5.74, 6) is 0.437. The molecule has 0 heterocycles. The summed E-state index contributed by atoms with van der Waals surface area (Å²) in [6.45, 7) is 2.87. The predicted octanol–water partition coefficient (Wildman–Crippen LogP) is 4.03. The quantitative estimate of drug-likeness (QED) is 0.725. The second-order valence-electron chi connectivity index (χ2n) is 5.30. The van der Waals surface area contributed by atoms with Gasteiger partial charge in [-0.25, -0.2) is 4.39 Å². The highest BCUT2D eigenvalue weighted by molar-refractivity contribution is 9.10. The van der Waals surface area contributed by atoms with E-state index >= 15 is 0 Å². The van der Waals surface area contributed by atoms with Gasteiger partial charge in [0.25, 0.3) is 0 Å². The van der Waals surface area contributed by atoms with Gasteiger partial charge in [0.1, 0.15) is 18.2 Å². The molecule has 2 rings (SSSR count). The maximum atomic E-state index is 13.7.